The van der Waals surface area contributed by atoms with Gasteiger partial charge >= 0.3 is 7.12 Å². The van der Waals surface area contributed by atoms with Gasteiger partial charge in [0.2, 0.25) is 5.91 Å². The van der Waals surface area contributed by atoms with Gasteiger partial charge in [-0.25, -0.2) is 4.21 Å². The number of nitrogens with one attached hydrogen (secondary N) is 1. The minimum Gasteiger partial charge on any atom is -0.464 e. The van der Waals surface area contributed by atoms with Crippen molar-refractivity contribution in [3.8, 4) is 0 Å². The fourth-order valence-electron chi connectivity index (χ4n) is 3.45. The molecule has 1 atom stereocenters. The number of nitrogens with zero attached hydrogens (tertiary/aromatic N) is 2. The summed E-state index contributed by atoms with van der Waals surface area (Å²) >= 11 is 0. The number of para-hydroxylation sites is 1. The van der Waals surface area contributed by atoms with Crippen LogP contribution in [0.15, 0.2) is 57.5 Å². The molecule has 170 valence electrons. The third kappa shape index (κ3) is 6.12. The Balaban J connectivity index is 1.75. The lowest BCUT2D eigenvalue weighted by Crippen LogP contribution is -2.48. The van der Waals surface area contributed by atoms with Gasteiger partial charge in [-0.2, -0.15) is 4.36 Å². The van der Waals surface area contributed by atoms with Crippen molar-refractivity contribution in [2.24, 2.45) is 4.36 Å². The molecule has 1 heterocycles. The molecular formula is C22H28BN3O5S. The molecule has 8 nitrogen and oxygen atoms in total. The van der Waals surface area contributed by atoms with E-state index in [1.54, 1.807) is 30.9 Å². The largest absolute Gasteiger partial charge is 0.475 e. The van der Waals surface area contributed by atoms with Crippen LogP contribution in [0.1, 0.15) is 11.1 Å². The standard InChI is InChI=1S/C22H28BN3O5S/c1-26(2)19-11-15(9-10-18(19)25-32(3,4)30)12-22(27)24-21(23(28)29)13-16-14-31-20-8-6-5-7-17(16)20/h5-11,14,21,28-29H,12-13H2,1-4H3,(H,24,27)/t21-/m0/s1. The lowest BCUT2D eigenvalue weighted by molar-refractivity contribution is -0.120. The van der Waals surface area contributed by atoms with Crippen molar-refractivity contribution in [2.45, 2.75) is 18.8 Å². The van der Waals surface area contributed by atoms with Crippen LogP contribution in [0.4, 0.5) is 11.4 Å². The third-order valence-electron chi connectivity index (χ3n) is 4.91. The Bertz CT molecular complexity index is 1220. The van der Waals surface area contributed by atoms with Crippen molar-refractivity contribution in [1.82, 2.24) is 5.32 Å². The van der Waals surface area contributed by atoms with Gasteiger partial charge in [-0.15, -0.1) is 0 Å². The van der Waals surface area contributed by atoms with Gasteiger partial charge in [-0.1, -0.05) is 24.3 Å². The van der Waals surface area contributed by atoms with E-state index in [2.05, 4.69) is 9.68 Å². The Kier molecular flexibility index (Phi) is 7.27. The molecule has 3 aromatic rings. The molecule has 0 radical (unpaired) electrons. The van der Waals surface area contributed by atoms with Gasteiger partial charge in [-0.05, 0) is 35.7 Å². The second-order valence-electron chi connectivity index (χ2n) is 8.22. The Morgan fingerprint density at radius 3 is 2.59 bits per heavy atom. The highest BCUT2D eigenvalue weighted by atomic mass is 32.2. The van der Waals surface area contributed by atoms with Gasteiger partial charge in [0.25, 0.3) is 0 Å². The summed E-state index contributed by atoms with van der Waals surface area (Å²) < 4.78 is 21.9. The number of hydrogen-bond acceptors (Lipinski definition) is 7. The van der Waals surface area contributed by atoms with E-state index in [-0.39, 0.29) is 18.7 Å². The number of anilines is 1. The van der Waals surface area contributed by atoms with Gasteiger partial charge in [0.1, 0.15) is 5.58 Å². The van der Waals surface area contributed by atoms with Gasteiger partial charge in [0.15, 0.2) is 0 Å². The van der Waals surface area contributed by atoms with Gasteiger partial charge < -0.3 is 24.7 Å². The quantitative estimate of drug-likeness (QED) is 0.447. The van der Waals surface area contributed by atoms with E-state index in [4.69, 9.17) is 4.42 Å². The fourth-order valence-corrected chi connectivity index (χ4v) is 4.08. The van der Waals surface area contributed by atoms with Crippen LogP contribution in [0.5, 0.6) is 0 Å². The number of benzene rings is 2. The summed E-state index contributed by atoms with van der Waals surface area (Å²) in [6.45, 7) is 0. The van der Waals surface area contributed by atoms with E-state index in [9.17, 15) is 19.1 Å². The molecule has 0 saturated heterocycles. The zero-order valence-electron chi connectivity index (χ0n) is 18.6. The molecule has 0 aliphatic carbocycles. The molecular weight excluding hydrogens is 429 g/mol. The summed E-state index contributed by atoms with van der Waals surface area (Å²) in [5.74, 6) is -1.24. The second kappa shape index (κ2) is 9.77. The van der Waals surface area contributed by atoms with Crippen molar-refractivity contribution in [3.05, 3.63) is 59.9 Å². The highest BCUT2D eigenvalue weighted by molar-refractivity contribution is 7.92. The minimum atomic E-state index is -2.33. The second-order valence-corrected chi connectivity index (χ2v) is 10.8. The van der Waals surface area contributed by atoms with E-state index in [0.717, 1.165) is 22.2 Å². The number of carbonyl (C=O) groups is 1. The maximum Gasteiger partial charge on any atom is 0.475 e. The molecule has 0 aliphatic heterocycles. The topological polar surface area (TPSA) is 115 Å². The van der Waals surface area contributed by atoms with Gasteiger partial charge in [0.05, 0.1) is 30.0 Å². The molecule has 1 aromatic heterocycles. The SMILES string of the molecule is CN(C)c1cc(CC(=O)N[C@@H](Cc2coc3ccccc23)B(O)O)ccc1N=S(C)(C)=O. The number of furan rings is 1. The van der Waals surface area contributed by atoms with Crippen molar-refractivity contribution in [1.29, 1.82) is 0 Å². The van der Waals surface area contributed by atoms with E-state index < -0.39 is 22.8 Å². The first kappa shape index (κ1) is 23.8. The summed E-state index contributed by atoms with van der Waals surface area (Å²) in [6, 6.07) is 12.8. The van der Waals surface area contributed by atoms with E-state index in [0.29, 0.717) is 11.3 Å². The molecule has 2 aromatic carbocycles. The average Bonchev–Trinajstić information content (AvgIpc) is 3.10. The first-order valence-electron chi connectivity index (χ1n) is 10.1. The van der Waals surface area contributed by atoms with Crippen LogP contribution >= 0.6 is 0 Å². The molecule has 0 unspecified atom stereocenters. The van der Waals surface area contributed by atoms with Crippen molar-refractivity contribution >= 4 is 45.1 Å². The fraction of sp³-hybridized carbons (Fsp3) is 0.318. The molecule has 0 spiro atoms. The molecule has 3 N–H and O–H groups in total. The number of hydrogen-bond donors (Lipinski definition) is 3. The Hall–Kier alpha value is -2.82. The molecule has 0 bridgehead atoms. The first-order chi connectivity index (χ1) is 15.0. The number of carbonyl (C=O) groups excluding carboxylic acids is 1. The number of rotatable bonds is 8. The third-order valence-corrected chi connectivity index (χ3v) is 5.55. The predicted octanol–water partition coefficient (Wildman–Crippen LogP) is 2.14. The maximum absolute atomic E-state index is 12.7. The molecule has 0 fully saturated rings. The van der Waals surface area contributed by atoms with Crippen molar-refractivity contribution < 1.29 is 23.5 Å². The summed E-state index contributed by atoms with van der Waals surface area (Å²) in [5.41, 5.74) is 3.54. The molecule has 3 rings (SSSR count). The molecule has 32 heavy (non-hydrogen) atoms. The molecule has 0 aliphatic rings. The smallest absolute Gasteiger partial charge is 0.464 e. The maximum atomic E-state index is 12.7. The number of amides is 1. The summed E-state index contributed by atoms with van der Waals surface area (Å²) in [6.07, 6.45) is 4.96. The summed E-state index contributed by atoms with van der Waals surface area (Å²) in [7, 11) is -0.366. The normalized spacial score (nSPS) is 12.4. The van der Waals surface area contributed by atoms with Crippen molar-refractivity contribution in [3.63, 3.8) is 0 Å². The van der Waals surface area contributed by atoms with Crippen LogP contribution < -0.4 is 10.2 Å². The van der Waals surface area contributed by atoms with Crippen LogP contribution in [0, 0.1) is 0 Å². The van der Waals surface area contributed by atoms with Crippen LogP contribution in [-0.4, -0.2) is 59.8 Å². The average molecular weight is 457 g/mol. The Morgan fingerprint density at radius 2 is 1.94 bits per heavy atom. The molecule has 1 amide bonds. The lowest BCUT2D eigenvalue weighted by atomic mass is 9.75. The minimum absolute atomic E-state index is 0.0457. The van der Waals surface area contributed by atoms with Gasteiger partial charge in [0, 0.05) is 41.7 Å². The molecule has 10 heteroatoms. The zero-order chi connectivity index (χ0) is 23.5. The predicted molar refractivity (Wildman–Crippen MR) is 129 cm³/mol. The van der Waals surface area contributed by atoms with Crippen LogP contribution in [-0.2, 0) is 27.4 Å². The lowest BCUT2D eigenvalue weighted by Gasteiger charge is -2.19. The zero-order valence-corrected chi connectivity index (χ0v) is 19.4. The number of fused-ring (bicyclic) bond motifs is 1. The highest BCUT2D eigenvalue weighted by Gasteiger charge is 2.27. The Labute approximate surface area is 188 Å². The first-order valence-corrected chi connectivity index (χ1v) is 12.4. The summed E-state index contributed by atoms with van der Waals surface area (Å²) in [5, 5.41) is 23.2. The van der Waals surface area contributed by atoms with Crippen LogP contribution in [0.3, 0.4) is 0 Å². The van der Waals surface area contributed by atoms with Crippen molar-refractivity contribution in [2.75, 3.05) is 31.5 Å². The van der Waals surface area contributed by atoms with Crippen LogP contribution in [0.25, 0.3) is 11.0 Å². The summed E-state index contributed by atoms with van der Waals surface area (Å²) in [4.78, 5) is 14.5. The van der Waals surface area contributed by atoms with Gasteiger partial charge in [-0.3, -0.25) is 4.79 Å². The van der Waals surface area contributed by atoms with Crippen LogP contribution in [0.2, 0.25) is 0 Å². The molecule has 0 saturated carbocycles. The van der Waals surface area contributed by atoms with E-state index in [1.807, 2.05) is 49.3 Å². The Morgan fingerprint density at radius 1 is 1.22 bits per heavy atom. The van der Waals surface area contributed by atoms with E-state index >= 15 is 0 Å². The monoisotopic (exact) mass is 457 g/mol. The van der Waals surface area contributed by atoms with E-state index in [1.165, 1.54) is 0 Å². The highest BCUT2D eigenvalue weighted by Crippen LogP contribution is 2.30.